The summed E-state index contributed by atoms with van der Waals surface area (Å²) >= 11 is 0. The summed E-state index contributed by atoms with van der Waals surface area (Å²) in [5.74, 6) is 0. The molecule has 0 bridgehead atoms. The smallest absolute Gasteiger partial charge is 0 e. The fraction of sp³-hybridized carbons (Fsp3) is 0. The SMILES string of the molecule is [C].[C].[Cr].[Cr]. The Labute approximate surface area is 49.9 Å². The first-order valence-corrected chi connectivity index (χ1v) is 0. The topological polar surface area (TPSA) is 0 Å². The second-order valence-corrected chi connectivity index (χ2v) is 0. The molecule has 0 saturated carbocycles. The summed E-state index contributed by atoms with van der Waals surface area (Å²) in [4.78, 5) is 0. The van der Waals surface area contributed by atoms with Crippen LogP contribution in [0.5, 0.6) is 0 Å². The molecule has 0 nitrogen and oxygen atoms in total. The van der Waals surface area contributed by atoms with Gasteiger partial charge in [0.25, 0.3) is 0 Å². The van der Waals surface area contributed by atoms with E-state index in [-0.39, 0.29) is 49.6 Å². The van der Waals surface area contributed by atoms with E-state index in [1.807, 2.05) is 0 Å². The second kappa shape index (κ2) is 33.7. The molecule has 4 heavy (non-hydrogen) atoms. The summed E-state index contributed by atoms with van der Waals surface area (Å²) < 4.78 is 0. The Bertz CT molecular complexity index is 4.00. The minimum absolute atomic E-state index is 0. The summed E-state index contributed by atoms with van der Waals surface area (Å²) in [6.07, 6.45) is 0. The molecule has 20 valence electrons. The van der Waals surface area contributed by atoms with Gasteiger partial charge in [0.1, 0.15) is 0 Å². The monoisotopic (exact) mass is 128 g/mol. The average molecular weight is 128 g/mol. The minimum atomic E-state index is 0. The van der Waals surface area contributed by atoms with Crippen molar-refractivity contribution < 1.29 is 34.7 Å². The number of hydrogen-bond acceptors (Lipinski definition) is 0. The zero-order chi connectivity index (χ0) is 0. The molecule has 0 amide bonds. The molecule has 0 unspecified atom stereocenters. The summed E-state index contributed by atoms with van der Waals surface area (Å²) in [7, 11) is 0. The van der Waals surface area contributed by atoms with Gasteiger partial charge in [-0.1, -0.05) is 0 Å². The molecule has 0 aromatic heterocycles. The van der Waals surface area contributed by atoms with E-state index in [1.165, 1.54) is 0 Å². The summed E-state index contributed by atoms with van der Waals surface area (Å²) in [5, 5.41) is 0. The third-order valence-electron chi connectivity index (χ3n) is 0. The van der Waals surface area contributed by atoms with E-state index < -0.39 is 0 Å². The zero-order valence-electron chi connectivity index (χ0n) is 1.82. The van der Waals surface area contributed by atoms with Crippen molar-refractivity contribution in [1.29, 1.82) is 0 Å². The molecule has 0 spiro atoms. The Morgan fingerprint density at radius 1 is 0.500 bits per heavy atom. The van der Waals surface area contributed by atoms with Gasteiger partial charge in [-0.3, -0.25) is 0 Å². The van der Waals surface area contributed by atoms with Crippen LogP contribution >= 0.6 is 0 Å². The van der Waals surface area contributed by atoms with Gasteiger partial charge in [-0.05, 0) is 0 Å². The van der Waals surface area contributed by atoms with Crippen molar-refractivity contribution in [3.63, 3.8) is 0 Å². The molecular formula is C2Cr2. The van der Waals surface area contributed by atoms with Gasteiger partial charge in [-0.2, -0.15) is 0 Å². The van der Waals surface area contributed by atoms with Crippen LogP contribution in [0.1, 0.15) is 0 Å². The van der Waals surface area contributed by atoms with Crippen molar-refractivity contribution in [1.82, 2.24) is 0 Å². The van der Waals surface area contributed by atoms with Gasteiger partial charge in [0.05, 0.1) is 0 Å². The zero-order valence-corrected chi connectivity index (χ0v) is 4.37. The Morgan fingerprint density at radius 3 is 0.500 bits per heavy atom. The number of rotatable bonds is 0. The molecule has 0 heterocycles. The van der Waals surface area contributed by atoms with Crippen molar-refractivity contribution in [2.45, 2.75) is 0 Å². The first kappa shape index (κ1) is 73.8. The predicted molar refractivity (Wildman–Crippen MR) is 6.49 cm³/mol. The van der Waals surface area contributed by atoms with E-state index in [1.54, 1.807) is 0 Å². The maximum absolute atomic E-state index is 0. The Balaban J connectivity index is 0. The number of hydrogen-bond donors (Lipinski definition) is 0. The third kappa shape index (κ3) is 11.5. The fourth-order valence-corrected chi connectivity index (χ4v) is 0. The molecule has 0 aliphatic carbocycles. The normalized spacial score (nSPS) is 0. The second-order valence-electron chi connectivity index (χ2n) is 0. The van der Waals surface area contributed by atoms with Gasteiger partial charge in [-0.25, -0.2) is 0 Å². The summed E-state index contributed by atoms with van der Waals surface area (Å²) in [6.45, 7) is 0. The van der Waals surface area contributed by atoms with Crippen LogP contribution in [0.15, 0.2) is 0 Å². The largest absolute Gasteiger partial charge is 0 e. The molecule has 0 aliphatic rings. The van der Waals surface area contributed by atoms with Crippen LogP contribution in [-0.4, -0.2) is 0 Å². The van der Waals surface area contributed by atoms with E-state index in [9.17, 15) is 0 Å². The van der Waals surface area contributed by atoms with Crippen molar-refractivity contribution in [3.8, 4) is 0 Å². The third-order valence-corrected chi connectivity index (χ3v) is 0. The molecule has 0 saturated heterocycles. The summed E-state index contributed by atoms with van der Waals surface area (Å²) in [5.41, 5.74) is 0. The van der Waals surface area contributed by atoms with Crippen molar-refractivity contribution in [3.05, 3.63) is 14.9 Å². The Kier molecular flexibility index (Phi) is 621. The fourth-order valence-electron chi connectivity index (χ4n) is 0. The Morgan fingerprint density at radius 2 is 0.500 bits per heavy atom. The van der Waals surface area contributed by atoms with E-state index in [4.69, 9.17) is 0 Å². The van der Waals surface area contributed by atoms with Crippen molar-refractivity contribution >= 4 is 0 Å². The van der Waals surface area contributed by atoms with E-state index in [0.29, 0.717) is 0 Å². The van der Waals surface area contributed by atoms with E-state index >= 15 is 0 Å². The molecule has 0 aliphatic heterocycles. The van der Waals surface area contributed by atoms with Crippen LogP contribution in [-0.2, 0) is 34.7 Å². The van der Waals surface area contributed by atoms with Crippen LogP contribution < -0.4 is 0 Å². The molecule has 0 aromatic rings. The van der Waals surface area contributed by atoms with Crippen LogP contribution in [0.4, 0.5) is 0 Å². The van der Waals surface area contributed by atoms with Crippen molar-refractivity contribution in [2.24, 2.45) is 0 Å². The molecule has 8 radical (unpaired) electrons. The van der Waals surface area contributed by atoms with E-state index in [2.05, 4.69) is 0 Å². The van der Waals surface area contributed by atoms with Gasteiger partial charge < -0.3 is 0 Å². The van der Waals surface area contributed by atoms with Crippen LogP contribution in [0, 0.1) is 14.9 Å². The summed E-state index contributed by atoms with van der Waals surface area (Å²) in [6, 6.07) is 0. The van der Waals surface area contributed by atoms with Crippen LogP contribution in [0.25, 0.3) is 0 Å². The molecule has 0 atom stereocenters. The average Bonchev–Trinajstić information content (AvgIpc) is 0. The first-order valence-electron chi connectivity index (χ1n) is 0. The quantitative estimate of drug-likeness (QED) is 0.435. The maximum Gasteiger partial charge on any atom is 0 e. The molecule has 0 fully saturated rings. The van der Waals surface area contributed by atoms with Crippen LogP contribution in [0.2, 0.25) is 0 Å². The van der Waals surface area contributed by atoms with Gasteiger partial charge in [0, 0.05) is 49.6 Å². The minimum Gasteiger partial charge on any atom is 0 e. The Hall–Kier alpha value is 1.06. The predicted octanol–water partition coefficient (Wildman–Crippen LogP) is 0.158. The van der Waals surface area contributed by atoms with Gasteiger partial charge >= 0.3 is 0 Å². The van der Waals surface area contributed by atoms with Gasteiger partial charge in [0.2, 0.25) is 0 Å². The van der Waals surface area contributed by atoms with Crippen molar-refractivity contribution in [2.75, 3.05) is 0 Å². The van der Waals surface area contributed by atoms with Gasteiger partial charge in [0.15, 0.2) is 0 Å². The first-order chi connectivity index (χ1) is 0. The van der Waals surface area contributed by atoms with Crippen LogP contribution in [0.3, 0.4) is 0 Å². The molecule has 0 N–H and O–H groups in total. The maximum atomic E-state index is 0. The molecular weight excluding hydrogens is 128 g/mol. The van der Waals surface area contributed by atoms with Gasteiger partial charge in [-0.15, -0.1) is 0 Å². The molecule has 2 heteroatoms. The molecule has 0 aromatic carbocycles. The molecule has 0 rings (SSSR count). The van der Waals surface area contributed by atoms with E-state index in [0.717, 1.165) is 0 Å². The standard InChI is InChI=1S/2C.2Cr.